The van der Waals surface area contributed by atoms with Crippen LogP contribution in [-0.4, -0.2) is 35.7 Å². The molecule has 6 atom stereocenters. The number of hydrogen-bond donors (Lipinski definition) is 0. The summed E-state index contributed by atoms with van der Waals surface area (Å²) in [6, 6.07) is 16.7. The van der Waals surface area contributed by atoms with E-state index in [9.17, 15) is 0 Å². The lowest BCUT2D eigenvalue weighted by Gasteiger charge is -2.55. The Morgan fingerprint density at radius 1 is 1.03 bits per heavy atom. The second kappa shape index (κ2) is 7.80. The molecule has 2 aromatic rings. The first-order chi connectivity index (χ1) is 17.0. The van der Waals surface area contributed by atoms with E-state index in [1.165, 1.54) is 75.1 Å². The van der Waals surface area contributed by atoms with Gasteiger partial charge < -0.3 is 9.64 Å². The average Bonchev–Trinajstić information content (AvgIpc) is 3.38. The van der Waals surface area contributed by atoms with E-state index in [1.54, 1.807) is 16.7 Å². The molecular weight excluding hydrogens is 426 g/mol. The molecule has 0 N–H and O–H groups in total. The number of ether oxygens (including phenoxy) is 1. The van der Waals surface area contributed by atoms with Crippen LogP contribution in [0, 0.1) is 11.3 Å². The second-order valence-electron chi connectivity index (χ2n) is 12.7. The van der Waals surface area contributed by atoms with Crippen LogP contribution in [0.25, 0.3) is 10.8 Å². The van der Waals surface area contributed by atoms with Gasteiger partial charge in [-0.25, -0.2) is 0 Å². The minimum atomic E-state index is -0.0483. The van der Waals surface area contributed by atoms with Crippen molar-refractivity contribution in [2.75, 3.05) is 13.6 Å². The molecule has 184 valence electrons. The van der Waals surface area contributed by atoms with Crippen molar-refractivity contribution in [1.82, 2.24) is 4.90 Å². The maximum absolute atomic E-state index is 7.51. The minimum Gasteiger partial charge on any atom is -0.359 e. The summed E-state index contributed by atoms with van der Waals surface area (Å²) in [5.74, 6) is 1.24. The number of allylic oxidation sites excluding steroid dienone is 1. The fourth-order valence-electron chi connectivity index (χ4n) is 9.27. The smallest absolute Gasteiger partial charge is 0.0974 e. The highest BCUT2D eigenvalue weighted by Gasteiger charge is 2.66. The lowest BCUT2D eigenvalue weighted by molar-refractivity contribution is -0.140. The molecule has 2 bridgehead atoms. The summed E-state index contributed by atoms with van der Waals surface area (Å²) in [6.07, 6.45) is 16.4. The highest BCUT2D eigenvalue weighted by Crippen LogP contribution is 2.69. The largest absolute Gasteiger partial charge is 0.359 e. The summed E-state index contributed by atoms with van der Waals surface area (Å²) in [7, 11) is 2.33. The average molecular weight is 468 g/mol. The van der Waals surface area contributed by atoms with E-state index >= 15 is 0 Å². The molecule has 5 aliphatic rings. The summed E-state index contributed by atoms with van der Waals surface area (Å²) in [4.78, 5) is 2.61. The molecule has 2 spiro atoms. The van der Waals surface area contributed by atoms with E-state index in [0.717, 1.165) is 0 Å². The molecule has 0 amide bonds. The van der Waals surface area contributed by atoms with Crippen molar-refractivity contribution in [3.63, 3.8) is 0 Å². The molecule has 2 aromatic carbocycles. The van der Waals surface area contributed by atoms with Crippen LogP contribution in [-0.2, 0) is 4.74 Å². The number of benzene rings is 2. The quantitative estimate of drug-likeness (QED) is 0.455. The highest BCUT2D eigenvalue weighted by atomic mass is 16.5. The molecule has 2 nitrogen and oxygen atoms in total. The normalized spacial score (nSPS) is 39.7. The first-order valence-electron chi connectivity index (χ1n) is 14.3. The molecule has 2 heteroatoms. The molecule has 3 fully saturated rings. The lowest BCUT2D eigenvalue weighted by atomic mass is 9.58. The molecule has 7 rings (SSSR count). The Morgan fingerprint density at radius 3 is 2.74 bits per heavy atom. The Bertz CT molecular complexity index is 1230. The lowest BCUT2D eigenvalue weighted by Crippen LogP contribution is -2.55. The summed E-state index contributed by atoms with van der Waals surface area (Å²) in [5, 5.41) is 2.74. The molecule has 2 aliphatic heterocycles. The van der Waals surface area contributed by atoms with Gasteiger partial charge in [0.05, 0.1) is 11.2 Å². The number of fused-ring (bicyclic) bond motifs is 2. The molecule has 2 heterocycles. The molecule has 2 saturated carbocycles. The highest BCUT2D eigenvalue weighted by molar-refractivity contribution is 5.83. The van der Waals surface area contributed by atoms with Gasteiger partial charge >= 0.3 is 0 Å². The van der Waals surface area contributed by atoms with Crippen molar-refractivity contribution < 1.29 is 4.74 Å². The topological polar surface area (TPSA) is 12.5 Å². The van der Waals surface area contributed by atoms with Crippen LogP contribution in [0.3, 0.4) is 0 Å². The van der Waals surface area contributed by atoms with Gasteiger partial charge in [0.15, 0.2) is 0 Å². The second-order valence-corrected chi connectivity index (χ2v) is 12.7. The SMILES string of the molecule is CCCN(C)[C@@H]1CCC2=CC3=CC[C@]4(C)[C@@H](c5ccc6ccccc6c5)CC[C@H]4[C@@]34CC[C@]2(C1)O4. The molecule has 0 aromatic heterocycles. The summed E-state index contributed by atoms with van der Waals surface area (Å²) >= 11 is 0. The number of nitrogens with zero attached hydrogens (tertiary/aromatic N) is 1. The number of hydrogen-bond acceptors (Lipinski definition) is 2. The standard InChI is InChI=1S/C33H41NO/c1-4-19-34(3)28-12-11-26-21-27-15-16-31(2)29(25-10-9-23-7-5-6-8-24(23)20-25)13-14-30(31)33(27)18-17-32(26,22-28)35-33/h5-10,15,20-21,28-30H,4,11-14,16-19,22H2,1-3H3/t28-,29-,30-,31-,32-,33-/m1/s1. The predicted molar refractivity (Wildman–Crippen MR) is 145 cm³/mol. The monoisotopic (exact) mass is 467 g/mol. The molecule has 35 heavy (non-hydrogen) atoms. The van der Waals surface area contributed by atoms with Crippen LogP contribution >= 0.6 is 0 Å². The Balaban J connectivity index is 1.24. The van der Waals surface area contributed by atoms with E-state index in [2.05, 4.69) is 80.4 Å². The van der Waals surface area contributed by atoms with Crippen LogP contribution in [0.1, 0.15) is 83.1 Å². The van der Waals surface area contributed by atoms with E-state index in [0.29, 0.717) is 17.9 Å². The fraction of sp³-hybridized carbons (Fsp3) is 0.576. The summed E-state index contributed by atoms with van der Waals surface area (Å²) < 4.78 is 7.51. The molecule has 1 saturated heterocycles. The van der Waals surface area contributed by atoms with Gasteiger partial charge in [-0.05, 0) is 116 Å². The maximum atomic E-state index is 7.51. The van der Waals surface area contributed by atoms with Crippen molar-refractivity contribution in [3.8, 4) is 0 Å². The van der Waals surface area contributed by atoms with Crippen molar-refractivity contribution in [2.45, 2.75) is 94.8 Å². The van der Waals surface area contributed by atoms with Gasteiger partial charge in [-0.1, -0.05) is 68.5 Å². The zero-order valence-electron chi connectivity index (χ0n) is 21.9. The van der Waals surface area contributed by atoms with Crippen LogP contribution in [0.5, 0.6) is 0 Å². The summed E-state index contributed by atoms with van der Waals surface area (Å²) in [6.45, 7) is 6.10. The Kier molecular flexibility index (Phi) is 4.97. The third-order valence-electron chi connectivity index (χ3n) is 11.0. The van der Waals surface area contributed by atoms with Crippen molar-refractivity contribution in [2.24, 2.45) is 11.3 Å². The van der Waals surface area contributed by atoms with Crippen LogP contribution in [0.15, 0.2) is 65.8 Å². The van der Waals surface area contributed by atoms with Gasteiger partial charge in [-0.2, -0.15) is 0 Å². The number of rotatable bonds is 4. The van der Waals surface area contributed by atoms with Crippen molar-refractivity contribution in [3.05, 3.63) is 71.3 Å². The van der Waals surface area contributed by atoms with Gasteiger partial charge in [0.2, 0.25) is 0 Å². The van der Waals surface area contributed by atoms with E-state index in [1.807, 2.05) is 0 Å². The zero-order chi connectivity index (χ0) is 23.8. The first-order valence-corrected chi connectivity index (χ1v) is 14.3. The molecule has 0 radical (unpaired) electrons. The maximum Gasteiger partial charge on any atom is 0.0974 e. The Morgan fingerprint density at radius 2 is 1.89 bits per heavy atom. The Hall–Kier alpha value is -1.90. The molecule has 0 unspecified atom stereocenters. The third-order valence-corrected chi connectivity index (χ3v) is 11.0. The molecule has 3 aliphatic carbocycles. The molecular formula is C33H41NO. The van der Waals surface area contributed by atoms with Crippen molar-refractivity contribution >= 4 is 10.8 Å². The van der Waals surface area contributed by atoms with E-state index < -0.39 is 0 Å². The van der Waals surface area contributed by atoms with Gasteiger partial charge in [0, 0.05) is 6.04 Å². The summed E-state index contributed by atoms with van der Waals surface area (Å²) in [5.41, 5.74) is 4.93. The van der Waals surface area contributed by atoms with Gasteiger partial charge in [-0.3, -0.25) is 0 Å². The van der Waals surface area contributed by atoms with Gasteiger partial charge in [0.25, 0.3) is 0 Å². The minimum absolute atomic E-state index is 0.00153. The third kappa shape index (κ3) is 3.08. The first kappa shape index (κ1) is 22.3. The van der Waals surface area contributed by atoms with E-state index in [-0.39, 0.29) is 16.6 Å². The van der Waals surface area contributed by atoms with E-state index in [4.69, 9.17) is 4.74 Å². The van der Waals surface area contributed by atoms with Gasteiger partial charge in [-0.15, -0.1) is 0 Å². The Labute approximate surface area is 211 Å². The fourth-order valence-corrected chi connectivity index (χ4v) is 9.27. The van der Waals surface area contributed by atoms with Crippen LogP contribution in [0.4, 0.5) is 0 Å². The van der Waals surface area contributed by atoms with Crippen molar-refractivity contribution in [1.29, 1.82) is 0 Å². The van der Waals surface area contributed by atoms with Gasteiger partial charge in [0.1, 0.15) is 0 Å². The van der Waals surface area contributed by atoms with Crippen LogP contribution < -0.4 is 0 Å². The predicted octanol–water partition coefficient (Wildman–Crippen LogP) is 7.79. The zero-order valence-corrected chi connectivity index (χ0v) is 21.9. The van der Waals surface area contributed by atoms with Crippen LogP contribution in [0.2, 0.25) is 0 Å².